The molecule has 3 aromatic rings. The van der Waals surface area contributed by atoms with Crippen LogP contribution in [0.3, 0.4) is 0 Å². The van der Waals surface area contributed by atoms with Gasteiger partial charge in [0.15, 0.2) is 0 Å². The molecule has 1 fully saturated rings. The minimum Gasteiger partial charge on any atom is -0.338 e. The van der Waals surface area contributed by atoms with Crippen molar-refractivity contribution in [2.24, 2.45) is 0 Å². The molecule has 1 saturated heterocycles. The van der Waals surface area contributed by atoms with E-state index in [1.807, 2.05) is 31.2 Å². The van der Waals surface area contributed by atoms with Gasteiger partial charge in [-0.3, -0.25) is 14.6 Å². The number of aromatic nitrogens is 2. The van der Waals surface area contributed by atoms with E-state index in [-0.39, 0.29) is 5.91 Å². The van der Waals surface area contributed by atoms with Crippen LogP contribution in [0, 0.1) is 13.8 Å². The van der Waals surface area contributed by atoms with Gasteiger partial charge in [-0.15, -0.1) is 0 Å². The standard InChI is InChI=1S/C26H33N5O2/c1-18(2)21-8-10-22(11-9-21)26-28-25(33-29-26)17-31-14-12-30(13-15-31)16-24(32)27-23-7-5-6-19(3)20(23)4/h5-11,18H,12-17H2,1-4H3,(H,27,32). The summed E-state index contributed by atoms with van der Waals surface area (Å²) in [6, 6.07) is 14.3. The van der Waals surface area contributed by atoms with Gasteiger partial charge in [-0.25, -0.2) is 0 Å². The highest BCUT2D eigenvalue weighted by Gasteiger charge is 2.21. The zero-order chi connectivity index (χ0) is 23.4. The maximum Gasteiger partial charge on any atom is 0.241 e. The molecule has 2 aromatic carbocycles. The number of nitrogens with one attached hydrogen (secondary N) is 1. The summed E-state index contributed by atoms with van der Waals surface area (Å²) in [5, 5.41) is 7.21. The summed E-state index contributed by atoms with van der Waals surface area (Å²) >= 11 is 0. The minimum absolute atomic E-state index is 0.0298. The fraction of sp³-hybridized carbons (Fsp3) is 0.423. The molecule has 7 heteroatoms. The maximum absolute atomic E-state index is 12.5. The topological polar surface area (TPSA) is 74.5 Å². The summed E-state index contributed by atoms with van der Waals surface area (Å²) in [5.41, 5.74) is 5.45. The summed E-state index contributed by atoms with van der Waals surface area (Å²) in [6.45, 7) is 12.9. The third kappa shape index (κ3) is 5.86. The van der Waals surface area contributed by atoms with Crippen molar-refractivity contribution in [1.29, 1.82) is 0 Å². The van der Waals surface area contributed by atoms with Crippen LogP contribution in [-0.2, 0) is 11.3 Å². The first-order valence-corrected chi connectivity index (χ1v) is 11.6. The maximum atomic E-state index is 12.5. The summed E-state index contributed by atoms with van der Waals surface area (Å²) in [7, 11) is 0. The summed E-state index contributed by atoms with van der Waals surface area (Å²) in [6.07, 6.45) is 0. The van der Waals surface area contributed by atoms with Crippen molar-refractivity contribution in [3.63, 3.8) is 0 Å². The van der Waals surface area contributed by atoms with E-state index in [0.29, 0.717) is 30.7 Å². The second kappa shape index (κ2) is 10.3. The van der Waals surface area contributed by atoms with Crippen molar-refractivity contribution in [3.8, 4) is 11.4 Å². The van der Waals surface area contributed by atoms with Crippen LogP contribution < -0.4 is 5.32 Å². The largest absolute Gasteiger partial charge is 0.338 e. The molecule has 2 heterocycles. The number of carbonyl (C=O) groups is 1. The van der Waals surface area contributed by atoms with Crippen LogP contribution in [0.1, 0.15) is 42.3 Å². The summed E-state index contributed by atoms with van der Waals surface area (Å²) < 4.78 is 5.50. The Labute approximate surface area is 195 Å². The highest BCUT2D eigenvalue weighted by Crippen LogP contribution is 2.21. The number of hydrogen-bond acceptors (Lipinski definition) is 6. The van der Waals surface area contributed by atoms with E-state index < -0.39 is 0 Å². The first-order chi connectivity index (χ1) is 15.9. The molecule has 0 spiro atoms. The Hall–Kier alpha value is -3.03. The number of aryl methyl sites for hydroxylation is 1. The number of hydrogen-bond donors (Lipinski definition) is 1. The number of piperazine rings is 1. The molecule has 0 radical (unpaired) electrons. The van der Waals surface area contributed by atoms with Gasteiger partial charge < -0.3 is 9.84 Å². The Kier molecular flexibility index (Phi) is 7.20. The van der Waals surface area contributed by atoms with Gasteiger partial charge in [0, 0.05) is 37.4 Å². The summed E-state index contributed by atoms with van der Waals surface area (Å²) in [5.74, 6) is 1.78. The van der Waals surface area contributed by atoms with Gasteiger partial charge in [-0.05, 0) is 42.5 Å². The number of amides is 1. The van der Waals surface area contributed by atoms with E-state index >= 15 is 0 Å². The van der Waals surface area contributed by atoms with Gasteiger partial charge in [0.1, 0.15) is 0 Å². The number of nitrogens with zero attached hydrogens (tertiary/aromatic N) is 4. The van der Waals surface area contributed by atoms with Crippen LogP contribution in [0.5, 0.6) is 0 Å². The summed E-state index contributed by atoms with van der Waals surface area (Å²) in [4.78, 5) is 21.6. The first-order valence-electron chi connectivity index (χ1n) is 11.6. The zero-order valence-electron chi connectivity index (χ0n) is 20.0. The molecule has 4 rings (SSSR count). The number of benzene rings is 2. The molecule has 0 aliphatic carbocycles. The van der Waals surface area contributed by atoms with Crippen molar-refractivity contribution in [2.75, 3.05) is 38.0 Å². The van der Waals surface area contributed by atoms with Crippen LogP contribution >= 0.6 is 0 Å². The third-order valence-electron chi connectivity index (χ3n) is 6.37. The second-order valence-corrected chi connectivity index (χ2v) is 9.14. The van der Waals surface area contributed by atoms with Crippen LogP contribution in [-0.4, -0.2) is 58.6 Å². The van der Waals surface area contributed by atoms with Crippen LogP contribution in [0.15, 0.2) is 47.0 Å². The van der Waals surface area contributed by atoms with E-state index in [1.54, 1.807) is 0 Å². The molecular weight excluding hydrogens is 414 g/mol. The van der Waals surface area contributed by atoms with E-state index in [1.165, 1.54) is 11.1 Å². The van der Waals surface area contributed by atoms with Gasteiger partial charge in [-0.2, -0.15) is 4.98 Å². The van der Waals surface area contributed by atoms with E-state index in [9.17, 15) is 4.79 Å². The van der Waals surface area contributed by atoms with Gasteiger partial charge in [0.05, 0.1) is 13.1 Å². The lowest BCUT2D eigenvalue weighted by Crippen LogP contribution is -2.48. The molecule has 1 aromatic heterocycles. The molecule has 0 unspecified atom stereocenters. The molecule has 33 heavy (non-hydrogen) atoms. The number of rotatable bonds is 7. The predicted octanol–water partition coefficient (Wildman–Crippen LogP) is 4.23. The van der Waals surface area contributed by atoms with Crippen LogP contribution in [0.2, 0.25) is 0 Å². The molecule has 174 valence electrons. The van der Waals surface area contributed by atoms with Crippen molar-refractivity contribution >= 4 is 11.6 Å². The van der Waals surface area contributed by atoms with E-state index in [0.717, 1.165) is 43.0 Å². The van der Waals surface area contributed by atoms with Crippen LogP contribution in [0.4, 0.5) is 5.69 Å². The van der Waals surface area contributed by atoms with Gasteiger partial charge in [0.25, 0.3) is 0 Å². The highest BCUT2D eigenvalue weighted by molar-refractivity contribution is 5.93. The van der Waals surface area contributed by atoms with E-state index in [2.05, 4.69) is 64.2 Å². The zero-order valence-corrected chi connectivity index (χ0v) is 20.0. The SMILES string of the molecule is Cc1cccc(NC(=O)CN2CCN(Cc3nc(-c4ccc(C(C)C)cc4)no3)CC2)c1C. The van der Waals surface area contributed by atoms with Crippen molar-refractivity contribution < 1.29 is 9.32 Å². The molecule has 1 N–H and O–H groups in total. The Bertz CT molecular complexity index is 1080. The first kappa shape index (κ1) is 23.1. The normalized spacial score (nSPS) is 15.2. The van der Waals surface area contributed by atoms with Crippen molar-refractivity contribution in [1.82, 2.24) is 19.9 Å². The predicted molar refractivity (Wildman–Crippen MR) is 130 cm³/mol. The Morgan fingerprint density at radius 1 is 1.03 bits per heavy atom. The Morgan fingerprint density at radius 2 is 1.73 bits per heavy atom. The quantitative estimate of drug-likeness (QED) is 0.584. The average molecular weight is 448 g/mol. The lowest BCUT2D eigenvalue weighted by molar-refractivity contribution is -0.117. The fourth-order valence-corrected chi connectivity index (χ4v) is 4.03. The van der Waals surface area contributed by atoms with Gasteiger partial charge in [-0.1, -0.05) is 55.4 Å². The number of anilines is 1. The third-order valence-corrected chi connectivity index (χ3v) is 6.37. The van der Waals surface area contributed by atoms with Gasteiger partial charge >= 0.3 is 0 Å². The smallest absolute Gasteiger partial charge is 0.241 e. The van der Waals surface area contributed by atoms with Crippen LogP contribution in [0.25, 0.3) is 11.4 Å². The second-order valence-electron chi connectivity index (χ2n) is 9.14. The van der Waals surface area contributed by atoms with Crippen molar-refractivity contribution in [2.45, 2.75) is 40.2 Å². The lowest BCUT2D eigenvalue weighted by atomic mass is 10.0. The Balaban J connectivity index is 1.25. The van der Waals surface area contributed by atoms with Gasteiger partial charge in [0.2, 0.25) is 17.6 Å². The van der Waals surface area contributed by atoms with E-state index in [4.69, 9.17) is 4.52 Å². The fourth-order valence-electron chi connectivity index (χ4n) is 4.03. The molecular formula is C26H33N5O2. The molecule has 0 atom stereocenters. The minimum atomic E-state index is 0.0298. The number of carbonyl (C=O) groups excluding carboxylic acids is 1. The molecule has 1 aliphatic rings. The molecule has 1 aliphatic heterocycles. The molecule has 0 bridgehead atoms. The lowest BCUT2D eigenvalue weighted by Gasteiger charge is -2.33. The highest BCUT2D eigenvalue weighted by atomic mass is 16.5. The monoisotopic (exact) mass is 447 g/mol. The Morgan fingerprint density at radius 3 is 2.42 bits per heavy atom. The van der Waals surface area contributed by atoms with Crippen molar-refractivity contribution in [3.05, 3.63) is 65.0 Å². The average Bonchev–Trinajstić information content (AvgIpc) is 3.27. The molecule has 1 amide bonds. The molecule has 7 nitrogen and oxygen atoms in total. The molecule has 0 saturated carbocycles.